The molecule has 0 fully saturated rings. The Morgan fingerprint density at radius 1 is 1.12 bits per heavy atom. The van der Waals surface area contributed by atoms with Crippen LogP contribution in [0.5, 0.6) is 0 Å². The molecular formula is C24H39N5O4. The number of hydrogen-bond donors (Lipinski definition) is 2. The molecule has 0 aliphatic carbocycles. The lowest BCUT2D eigenvalue weighted by atomic mass is 10.2. The average molecular weight is 462 g/mol. The molecule has 0 spiro atoms. The zero-order valence-corrected chi connectivity index (χ0v) is 20.4. The Kier molecular flexibility index (Phi) is 14.0. The van der Waals surface area contributed by atoms with Crippen LogP contribution in [0.25, 0.3) is 0 Å². The second kappa shape index (κ2) is 16.2. The molecule has 0 amide bonds. The highest BCUT2D eigenvalue weighted by molar-refractivity contribution is 5.75. The van der Waals surface area contributed by atoms with E-state index in [1.807, 2.05) is 24.0 Å². The predicted molar refractivity (Wildman–Crippen MR) is 128 cm³/mol. The van der Waals surface area contributed by atoms with Crippen molar-refractivity contribution in [2.45, 2.75) is 46.3 Å². The summed E-state index contributed by atoms with van der Waals surface area (Å²) in [5.74, 6) is 2.03. The zero-order valence-electron chi connectivity index (χ0n) is 20.4. The molecule has 0 aliphatic rings. The lowest BCUT2D eigenvalue weighted by molar-refractivity contribution is -0.149. The molecule has 3 N–H and O–H groups in total. The third-order valence-electron chi connectivity index (χ3n) is 5.15. The van der Waals surface area contributed by atoms with Gasteiger partial charge in [0.15, 0.2) is 0 Å². The molecule has 0 saturated carbocycles. The Balaban J connectivity index is 2.83. The van der Waals surface area contributed by atoms with Crippen molar-refractivity contribution in [3.8, 4) is 12.3 Å². The largest absolute Gasteiger partial charge is 0.465 e. The van der Waals surface area contributed by atoms with E-state index in [9.17, 15) is 9.59 Å². The van der Waals surface area contributed by atoms with Crippen LogP contribution in [-0.4, -0.2) is 91.3 Å². The van der Waals surface area contributed by atoms with Crippen LogP contribution >= 0.6 is 0 Å². The van der Waals surface area contributed by atoms with Crippen molar-refractivity contribution in [2.75, 3.05) is 52.5 Å². The summed E-state index contributed by atoms with van der Waals surface area (Å²) < 4.78 is 10.2. The molecule has 0 saturated heterocycles. The normalized spacial score (nSPS) is 12.9. The number of aromatic nitrogens is 1. The van der Waals surface area contributed by atoms with Crippen LogP contribution in [0, 0.1) is 12.3 Å². The minimum atomic E-state index is -0.396. The molecule has 184 valence electrons. The summed E-state index contributed by atoms with van der Waals surface area (Å²) in [7, 11) is 0. The van der Waals surface area contributed by atoms with Gasteiger partial charge in [-0.05, 0) is 39.8 Å². The van der Waals surface area contributed by atoms with Crippen LogP contribution in [0.1, 0.15) is 39.1 Å². The molecule has 9 nitrogen and oxygen atoms in total. The average Bonchev–Trinajstić information content (AvgIpc) is 2.81. The first-order chi connectivity index (χ1) is 15.9. The molecule has 1 aromatic rings. The molecule has 0 radical (unpaired) electrons. The van der Waals surface area contributed by atoms with Crippen molar-refractivity contribution >= 4 is 11.9 Å². The van der Waals surface area contributed by atoms with E-state index < -0.39 is 6.04 Å². The second-order valence-electron chi connectivity index (χ2n) is 7.62. The Bertz CT molecular complexity index is 767. The molecule has 2 atom stereocenters. The fourth-order valence-corrected chi connectivity index (χ4v) is 3.28. The van der Waals surface area contributed by atoms with Crippen molar-refractivity contribution in [2.24, 2.45) is 5.73 Å². The monoisotopic (exact) mass is 461 g/mol. The van der Waals surface area contributed by atoms with Gasteiger partial charge in [0, 0.05) is 45.8 Å². The van der Waals surface area contributed by atoms with E-state index in [1.165, 1.54) is 0 Å². The molecule has 1 rings (SSSR count). The van der Waals surface area contributed by atoms with Gasteiger partial charge in [0.2, 0.25) is 0 Å². The Labute approximate surface area is 198 Å². The summed E-state index contributed by atoms with van der Waals surface area (Å²) in [6, 6.07) is 4.83. The second-order valence-corrected chi connectivity index (χ2v) is 7.62. The number of carbonyl (C=O) groups is 2. The number of nitrogens with two attached hydrogens (primary N) is 1. The van der Waals surface area contributed by atoms with Crippen molar-refractivity contribution in [3.05, 3.63) is 29.6 Å². The van der Waals surface area contributed by atoms with Crippen LogP contribution in [0.15, 0.2) is 18.2 Å². The number of ether oxygens (including phenoxy) is 2. The van der Waals surface area contributed by atoms with Crippen molar-refractivity contribution < 1.29 is 19.1 Å². The number of pyridine rings is 1. The van der Waals surface area contributed by atoms with E-state index in [0.29, 0.717) is 64.7 Å². The molecule has 1 aromatic heterocycles. The molecular weight excluding hydrogens is 422 g/mol. The number of hydrogen-bond acceptors (Lipinski definition) is 9. The van der Waals surface area contributed by atoms with Gasteiger partial charge in [0.25, 0.3) is 0 Å². The van der Waals surface area contributed by atoms with E-state index >= 15 is 0 Å². The quantitative estimate of drug-likeness (QED) is 0.270. The van der Waals surface area contributed by atoms with Gasteiger partial charge in [-0.2, -0.15) is 0 Å². The lowest BCUT2D eigenvalue weighted by Crippen LogP contribution is -2.47. The van der Waals surface area contributed by atoms with Gasteiger partial charge < -0.3 is 20.5 Å². The predicted octanol–water partition coefficient (Wildman–Crippen LogP) is 0.618. The van der Waals surface area contributed by atoms with E-state index in [4.69, 9.17) is 21.6 Å². The van der Waals surface area contributed by atoms with Crippen molar-refractivity contribution in [1.29, 1.82) is 0 Å². The minimum Gasteiger partial charge on any atom is -0.465 e. The number of nitrogens with zero attached hydrogens (tertiary/aromatic N) is 3. The summed E-state index contributed by atoms with van der Waals surface area (Å²) in [6.45, 7) is 12.0. The summed E-state index contributed by atoms with van der Waals surface area (Å²) in [6.07, 6.45) is 5.49. The first-order valence-electron chi connectivity index (χ1n) is 11.5. The van der Waals surface area contributed by atoms with Gasteiger partial charge in [-0.1, -0.05) is 12.0 Å². The molecule has 0 aliphatic heterocycles. The number of nitrogens with one attached hydrogen (secondary N) is 1. The topological polar surface area (TPSA) is 110 Å². The van der Waals surface area contributed by atoms with E-state index in [1.54, 1.807) is 26.8 Å². The lowest BCUT2D eigenvalue weighted by Gasteiger charge is -2.30. The molecule has 0 aromatic carbocycles. The summed E-state index contributed by atoms with van der Waals surface area (Å²) in [4.78, 5) is 32.8. The molecule has 9 heteroatoms. The fourth-order valence-electron chi connectivity index (χ4n) is 3.28. The summed E-state index contributed by atoms with van der Waals surface area (Å²) in [5, 5.41) is 3.20. The maximum Gasteiger partial charge on any atom is 0.323 e. The zero-order chi connectivity index (χ0) is 24.6. The van der Waals surface area contributed by atoms with Gasteiger partial charge in [-0.3, -0.25) is 19.4 Å². The molecule has 1 unspecified atom stereocenters. The molecule has 33 heavy (non-hydrogen) atoms. The number of esters is 2. The van der Waals surface area contributed by atoms with Crippen LogP contribution in [0.2, 0.25) is 0 Å². The molecule has 1 heterocycles. The third kappa shape index (κ3) is 10.8. The van der Waals surface area contributed by atoms with Crippen LogP contribution < -0.4 is 11.1 Å². The summed E-state index contributed by atoms with van der Waals surface area (Å²) >= 11 is 0. The highest BCUT2D eigenvalue weighted by Crippen LogP contribution is 2.06. The van der Waals surface area contributed by atoms with E-state index in [-0.39, 0.29) is 18.0 Å². The highest BCUT2D eigenvalue weighted by atomic mass is 16.5. The first-order valence-corrected chi connectivity index (χ1v) is 11.5. The van der Waals surface area contributed by atoms with Gasteiger partial charge in [0.1, 0.15) is 17.8 Å². The number of rotatable bonds is 16. The minimum absolute atomic E-state index is 0.259. The van der Waals surface area contributed by atoms with E-state index in [0.717, 1.165) is 5.69 Å². The SMILES string of the molecule is C#Cc1cccc(CN(CCNC(C)C(=O)OCC)CCN(CCN)[C@H](C)C(=O)OCC)n1. The Morgan fingerprint density at radius 2 is 1.82 bits per heavy atom. The number of carbonyl (C=O) groups excluding carboxylic acids is 2. The van der Waals surface area contributed by atoms with Gasteiger partial charge in [0.05, 0.1) is 18.9 Å². The smallest absolute Gasteiger partial charge is 0.323 e. The van der Waals surface area contributed by atoms with Crippen molar-refractivity contribution in [1.82, 2.24) is 20.1 Å². The van der Waals surface area contributed by atoms with Crippen LogP contribution in [-0.2, 0) is 25.6 Å². The summed E-state index contributed by atoms with van der Waals surface area (Å²) in [5.41, 5.74) is 7.22. The fraction of sp³-hybridized carbons (Fsp3) is 0.625. The standard InChI is InChI=1S/C24H39N5O4/c1-6-21-10-9-11-22(27-21)18-28(15-13-26-19(4)23(30)32-7-2)16-17-29(14-12-25)20(5)24(31)33-8-3/h1,9-11,19-20,26H,7-8,12-18,25H2,2-5H3/t19?,20-/m1/s1. The molecule has 0 bridgehead atoms. The van der Waals surface area contributed by atoms with Crippen LogP contribution in [0.4, 0.5) is 0 Å². The first kappa shape index (κ1) is 28.5. The maximum atomic E-state index is 12.2. The van der Waals surface area contributed by atoms with Gasteiger partial charge in [-0.25, -0.2) is 4.98 Å². The van der Waals surface area contributed by atoms with Crippen LogP contribution in [0.3, 0.4) is 0 Å². The highest BCUT2D eigenvalue weighted by Gasteiger charge is 2.23. The van der Waals surface area contributed by atoms with Gasteiger partial charge >= 0.3 is 11.9 Å². The third-order valence-corrected chi connectivity index (χ3v) is 5.15. The Hall–Kier alpha value is -2.51. The maximum absolute atomic E-state index is 12.2. The Morgan fingerprint density at radius 3 is 2.45 bits per heavy atom. The van der Waals surface area contributed by atoms with Gasteiger partial charge in [-0.15, -0.1) is 6.42 Å². The number of terminal acetylenes is 1. The van der Waals surface area contributed by atoms with Crippen molar-refractivity contribution in [3.63, 3.8) is 0 Å². The van der Waals surface area contributed by atoms with E-state index in [2.05, 4.69) is 21.1 Å².